The Kier molecular flexibility index (Phi) is 3.47. The molecule has 0 spiro atoms. The van der Waals surface area contributed by atoms with Crippen LogP contribution < -0.4 is 5.32 Å². The Hall–Kier alpha value is -1.69. The van der Waals surface area contributed by atoms with E-state index in [1.54, 1.807) is 12.3 Å². The van der Waals surface area contributed by atoms with Crippen LogP contribution in [0.4, 0.5) is 11.4 Å². The van der Waals surface area contributed by atoms with Gasteiger partial charge in [-0.05, 0) is 39.4 Å². The van der Waals surface area contributed by atoms with E-state index in [4.69, 9.17) is 0 Å². The van der Waals surface area contributed by atoms with Gasteiger partial charge in [0.1, 0.15) is 11.9 Å². The first-order chi connectivity index (χ1) is 8.55. The molecule has 1 aromatic heterocycles. The van der Waals surface area contributed by atoms with E-state index in [2.05, 4.69) is 29.3 Å². The molecular weight excluding hydrogens is 232 g/mol. The molecule has 1 heterocycles. The molecule has 1 aromatic rings. The van der Waals surface area contributed by atoms with Crippen LogP contribution in [0.25, 0.3) is 0 Å². The molecule has 0 radical (unpaired) electrons. The maximum absolute atomic E-state index is 10.9. The average Bonchev–Trinajstić information content (AvgIpc) is 2.27. The van der Waals surface area contributed by atoms with Crippen molar-refractivity contribution in [1.29, 1.82) is 0 Å². The minimum atomic E-state index is -0.404. The number of rotatable bonds is 5. The smallest absolute Gasteiger partial charge is 0.310 e. The Morgan fingerprint density at radius 2 is 2.28 bits per heavy atom. The third-order valence-corrected chi connectivity index (χ3v) is 3.84. The Balaban J connectivity index is 2.08. The minimum Gasteiger partial charge on any atom is -0.378 e. The van der Waals surface area contributed by atoms with Crippen LogP contribution >= 0.6 is 0 Å². The third kappa shape index (κ3) is 2.28. The number of anilines is 1. The van der Waals surface area contributed by atoms with Gasteiger partial charge >= 0.3 is 5.69 Å². The van der Waals surface area contributed by atoms with Crippen molar-refractivity contribution in [3.8, 4) is 0 Å². The van der Waals surface area contributed by atoms with E-state index >= 15 is 0 Å². The van der Waals surface area contributed by atoms with E-state index in [1.165, 1.54) is 12.6 Å². The van der Waals surface area contributed by atoms with Crippen molar-refractivity contribution < 1.29 is 4.92 Å². The Morgan fingerprint density at radius 3 is 2.78 bits per heavy atom. The van der Waals surface area contributed by atoms with E-state index in [-0.39, 0.29) is 11.2 Å². The Labute approximate surface area is 106 Å². The number of nitro groups is 1. The molecule has 0 aromatic carbocycles. The molecule has 0 atom stereocenters. The molecule has 98 valence electrons. The van der Waals surface area contributed by atoms with Gasteiger partial charge in [-0.2, -0.15) is 0 Å². The summed E-state index contributed by atoms with van der Waals surface area (Å²) in [5.74, 6) is 0. The largest absolute Gasteiger partial charge is 0.378 e. The normalized spacial score (nSPS) is 17.3. The van der Waals surface area contributed by atoms with Crippen molar-refractivity contribution in [2.75, 3.05) is 26.0 Å². The second kappa shape index (κ2) is 4.89. The summed E-state index contributed by atoms with van der Waals surface area (Å²) in [5.41, 5.74) is 0.714. The molecule has 1 N–H and O–H groups in total. The SMILES string of the molecule is CN(C)C1(CNc2ccncc2[N+](=O)[O-])CCC1. The van der Waals surface area contributed by atoms with Crippen molar-refractivity contribution in [3.05, 3.63) is 28.6 Å². The maximum Gasteiger partial charge on any atom is 0.310 e. The van der Waals surface area contributed by atoms with E-state index in [0.717, 1.165) is 19.4 Å². The van der Waals surface area contributed by atoms with Crippen molar-refractivity contribution in [2.24, 2.45) is 0 Å². The van der Waals surface area contributed by atoms with Crippen molar-refractivity contribution in [3.63, 3.8) is 0 Å². The van der Waals surface area contributed by atoms with Crippen LogP contribution in [-0.2, 0) is 0 Å². The van der Waals surface area contributed by atoms with Crippen molar-refractivity contribution in [1.82, 2.24) is 9.88 Å². The van der Waals surface area contributed by atoms with Gasteiger partial charge in [0, 0.05) is 18.3 Å². The van der Waals surface area contributed by atoms with Gasteiger partial charge in [-0.15, -0.1) is 0 Å². The van der Waals surface area contributed by atoms with Crippen LogP contribution in [0.5, 0.6) is 0 Å². The summed E-state index contributed by atoms with van der Waals surface area (Å²) in [4.78, 5) is 16.5. The highest BCUT2D eigenvalue weighted by Gasteiger charge is 2.39. The number of hydrogen-bond donors (Lipinski definition) is 1. The molecule has 1 fully saturated rings. The number of nitrogens with one attached hydrogen (secondary N) is 1. The van der Waals surface area contributed by atoms with Crippen LogP contribution in [0.3, 0.4) is 0 Å². The average molecular weight is 250 g/mol. The van der Waals surface area contributed by atoms with Crippen molar-refractivity contribution in [2.45, 2.75) is 24.8 Å². The fourth-order valence-corrected chi connectivity index (χ4v) is 2.31. The van der Waals surface area contributed by atoms with E-state index in [0.29, 0.717) is 5.69 Å². The zero-order valence-corrected chi connectivity index (χ0v) is 10.7. The highest BCUT2D eigenvalue weighted by atomic mass is 16.6. The molecule has 0 bridgehead atoms. The van der Waals surface area contributed by atoms with Gasteiger partial charge in [0.2, 0.25) is 0 Å². The van der Waals surface area contributed by atoms with Gasteiger partial charge in [0.25, 0.3) is 0 Å². The summed E-state index contributed by atoms with van der Waals surface area (Å²) in [6, 6.07) is 1.65. The Bertz CT molecular complexity index is 443. The lowest BCUT2D eigenvalue weighted by Gasteiger charge is -2.47. The predicted octanol–water partition coefficient (Wildman–Crippen LogP) is 1.89. The highest BCUT2D eigenvalue weighted by molar-refractivity contribution is 5.59. The fourth-order valence-electron chi connectivity index (χ4n) is 2.31. The number of aromatic nitrogens is 1. The summed E-state index contributed by atoms with van der Waals surface area (Å²) < 4.78 is 0. The molecule has 1 saturated carbocycles. The predicted molar refractivity (Wildman–Crippen MR) is 69.7 cm³/mol. The lowest BCUT2D eigenvalue weighted by Crippen LogP contribution is -2.54. The third-order valence-electron chi connectivity index (χ3n) is 3.84. The molecule has 0 amide bonds. The summed E-state index contributed by atoms with van der Waals surface area (Å²) in [6.07, 6.45) is 6.33. The fraction of sp³-hybridized carbons (Fsp3) is 0.583. The number of hydrogen-bond acceptors (Lipinski definition) is 5. The molecular formula is C12H18N4O2. The zero-order chi connectivity index (χ0) is 13.2. The van der Waals surface area contributed by atoms with Gasteiger partial charge in [-0.3, -0.25) is 15.1 Å². The van der Waals surface area contributed by atoms with Crippen molar-refractivity contribution >= 4 is 11.4 Å². The van der Waals surface area contributed by atoms with Gasteiger partial charge < -0.3 is 10.2 Å². The molecule has 18 heavy (non-hydrogen) atoms. The van der Waals surface area contributed by atoms with E-state index < -0.39 is 4.92 Å². The summed E-state index contributed by atoms with van der Waals surface area (Å²) in [6.45, 7) is 0.727. The first-order valence-corrected chi connectivity index (χ1v) is 6.05. The lowest BCUT2D eigenvalue weighted by atomic mass is 9.75. The van der Waals surface area contributed by atoms with Gasteiger partial charge in [-0.25, -0.2) is 0 Å². The minimum absolute atomic E-state index is 0.0331. The molecule has 6 heteroatoms. The monoisotopic (exact) mass is 250 g/mol. The zero-order valence-electron chi connectivity index (χ0n) is 10.7. The highest BCUT2D eigenvalue weighted by Crippen LogP contribution is 2.36. The first kappa shape index (κ1) is 12.8. The number of likely N-dealkylation sites (N-methyl/N-ethyl adjacent to an activating group) is 1. The van der Waals surface area contributed by atoms with Crippen LogP contribution in [-0.4, -0.2) is 41.0 Å². The van der Waals surface area contributed by atoms with Gasteiger partial charge in [0.05, 0.1) is 4.92 Å². The molecule has 1 aliphatic carbocycles. The molecule has 0 aliphatic heterocycles. The molecule has 6 nitrogen and oxygen atoms in total. The second-order valence-corrected chi connectivity index (χ2v) is 4.98. The first-order valence-electron chi connectivity index (χ1n) is 6.05. The van der Waals surface area contributed by atoms with Gasteiger partial charge in [-0.1, -0.05) is 0 Å². The maximum atomic E-state index is 10.9. The quantitative estimate of drug-likeness (QED) is 0.638. The van der Waals surface area contributed by atoms with E-state index in [1.807, 2.05) is 0 Å². The van der Waals surface area contributed by atoms with Crippen LogP contribution in [0.15, 0.2) is 18.5 Å². The van der Waals surface area contributed by atoms with Crippen LogP contribution in [0.2, 0.25) is 0 Å². The number of pyridine rings is 1. The molecule has 0 saturated heterocycles. The summed E-state index contributed by atoms with van der Waals surface area (Å²) in [5, 5.41) is 14.1. The molecule has 2 rings (SSSR count). The standard InChI is InChI=1S/C12H18N4O2/c1-15(2)12(5-3-6-12)9-14-10-4-7-13-8-11(10)16(17)18/h4,7-8H,3,5-6,9H2,1-2H3,(H,13,14). The van der Waals surface area contributed by atoms with Gasteiger partial charge in [0.15, 0.2) is 0 Å². The molecule has 1 aliphatic rings. The summed E-state index contributed by atoms with van der Waals surface area (Å²) >= 11 is 0. The Morgan fingerprint density at radius 1 is 1.56 bits per heavy atom. The van der Waals surface area contributed by atoms with E-state index in [9.17, 15) is 10.1 Å². The second-order valence-electron chi connectivity index (χ2n) is 4.98. The number of nitrogens with zero attached hydrogens (tertiary/aromatic N) is 3. The lowest BCUT2D eigenvalue weighted by molar-refractivity contribution is -0.384. The van der Waals surface area contributed by atoms with Crippen LogP contribution in [0.1, 0.15) is 19.3 Å². The molecule has 0 unspecified atom stereocenters. The summed E-state index contributed by atoms with van der Waals surface area (Å²) in [7, 11) is 4.11. The van der Waals surface area contributed by atoms with Crippen LogP contribution in [0, 0.1) is 10.1 Å². The topological polar surface area (TPSA) is 71.3 Å².